The fraction of sp³-hybridized carbons (Fsp3) is 0.385. The highest BCUT2D eigenvalue weighted by Crippen LogP contribution is 2.39. The summed E-state index contributed by atoms with van der Waals surface area (Å²) in [6.07, 6.45) is 0. The fourth-order valence-corrected chi connectivity index (χ4v) is 2.88. The number of rotatable bonds is 5. The molecule has 24 heavy (non-hydrogen) atoms. The van der Waals surface area contributed by atoms with Crippen molar-refractivity contribution in [3.63, 3.8) is 0 Å². The second-order valence-corrected chi connectivity index (χ2v) is 7.33. The van der Waals surface area contributed by atoms with Gasteiger partial charge in [0.15, 0.2) is 0 Å². The number of nitrogens with zero attached hydrogens (tertiary/aromatic N) is 1. The summed E-state index contributed by atoms with van der Waals surface area (Å²) in [5, 5.41) is 4.19. The summed E-state index contributed by atoms with van der Waals surface area (Å²) in [5.74, 6) is -1.77. The van der Waals surface area contributed by atoms with Gasteiger partial charge in [0, 0.05) is 20.1 Å². The molecule has 3 amide bonds. The molecule has 5 N–H and O–H groups in total. The van der Waals surface area contributed by atoms with Crippen LogP contribution in [0.3, 0.4) is 0 Å². The lowest BCUT2D eigenvalue weighted by atomic mass is 10.2. The third-order valence-electron chi connectivity index (χ3n) is 3.14. The number of anilines is 1. The fourth-order valence-electron chi connectivity index (χ4n) is 1.55. The maximum absolute atomic E-state index is 13.8. The minimum Gasteiger partial charge on any atom is -0.341 e. The van der Waals surface area contributed by atoms with Crippen LogP contribution in [0.1, 0.15) is 24.2 Å². The molecule has 0 saturated heterocycles. The average molecular weight is 383 g/mol. The smallest absolute Gasteiger partial charge is 0.319 e. The molecule has 1 aromatic rings. The van der Waals surface area contributed by atoms with Gasteiger partial charge in [0.05, 0.1) is 16.3 Å². The predicted octanol–water partition coefficient (Wildman–Crippen LogP) is 2.88. The van der Waals surface area contributed by atoms with Crippen LogP contribution in [0.4, 0.5) is 14.9 Å². The SMILES string of the molecule is CNC(=O)Nc1cc(C(=O)NS(O)(O)N(C)C(C)C)c(Cl)cc1F. The molecule has 0 saturated carbocycles. The van der Waals surface area contributed by atoms with Gasteiger partial charge < -0.3 is 10.6 Å². The van der Waals surface area contributed by atoms with E-state index in [0.717, 1.165) is 12.1 Å². The molecule has 0 radical (unpaired) electrons. The Hall–Kier alpha value is -1.59. The van der Waals surface area contributed by atoms with E-state index in [1.165, 1.54) is 18.4 Å². The molecule has 136 valence electrons. The van der Waals surface area contributed by atoms with Gasteiger partial charge in [-0.15, -0.1) is 0 Å². The monoisotopic (exact) mass is 382 g/mol. The second kappa shape index (κ2) is 7.99. The van der Waals surface area contributed by atoms with Crippen LogP contribution in [0.25, 0.3) is 0 Å². The number of nitrogens with one attached hydrogen (secondary N) is 3. The topological polar surface area (TPSA) is 114 Å². The summed E-state index contributed by atoms with van der Waals surface area (Å²) in [6, 6.07) is 0.906. The molecule has 0 spiro atoms. The quantitative estimate of drug-likeness (QED) is 0.537. The van der Waals surface area contributed by atoms with Crippen molar-refractivity contribution in [2.75, 3.05) is 19.4 Å². The lowest BCUT2D eigenvalue weighted by Crippen LogP contribution is -2.40. The summed E-state index contributed by atoms with van der Waals surface area (Å²) >= 11 is 5.84. The molecule has 8 nitrogen and oxygen atoms in total. The van der Waals surface area contributed by atoms with E-state index in [4.69, 9.17) is 11.6 Å². The summed E-state index contributed by atoms with van der Waals surface area (Å²) < 4.78 is 37.1. The Morgan fingerprint density at radius 1 is 1.33 bits per heavy atom. The van der Waals surface area contributed by atoms with E-state index in [2.05, 4.69) is 15.4 Å². The summed E-state index contributed by atoms with van der Waals surface area (Å²) in [6.45, 7) is 3.41. The number of benzene rings is 1. The average Bonchev–Trinajstić information content (AvgIpc) is 2.48. The highest BCUT2D eigenvalue weighted by Gasteiger charge is 2.26. The van der Waals surface area contributed by atoms with Crippen LogP contribution in [0.15, 0.2) is 12.1 Å². The summed E-state index contributed by atoms with van der Waals surface area (Å²) in [7, 11) is -0.830. The van der Waals surface area contributed by atoms with Crippen LogP contribution < -0.4 is 15.4 Å². The molecule has 0 heterocycles. The second-order valence-electron chi connectivity index (χ2n) is 5.11. The van der Waals surface area contributed by atoms with Crippen molar-refractivity contribution in [3.05, 3.63) is 28.5 Å². The van der Waals surface area contributed by atoms with E-state index in [9.17, 15) is 23.1 Å². The van der Waals surface area contributed by atoms with Crippen LogP contribution >= 0.6 is 22.6 Å². The van der Waals surface area contributed by atoms with Crippen molar-refractivity contribution in [1.82, 2.24) is 14.3 Å². The molecule has 0 bridgehead atoms. The number of carbonyl (C=O) groups excluding carboxylic acids is 2. The summed E-state index contributed by atoms with van der Waals surface area (Å²) in [4.78, 5) is 23.5. The number of halogens is 2. The first-order valence-electron chi connectivity index (χ1n) is 6.80. The van der Waals surface area contributed by atoms with Gasteiger partial charge in [-0.1, -0.05) is 22.6 Å². The van der Waals surface area contributed by atoms with Gasteiger partial charge in [-0.2, -0.15) is 4.31 Å². The molecular formula is C13H20ClFN4O4S. The van der Waals surface area contributed by atoms with Gasteiger partial charge in [-0.3, -0.25) is 13.9 Å². The number of amides is 3. The maximum Gasteiger partial charge on any atom is 0.319 e. The summed E-state index contributed by atoms with van der Waals surface area (Å²) in [5.41, 5.74) is -0.501. The normalized spacial score (nSPS) is 12.2. The molecule has 1 aromatic carbocycles. The zero-order valence-electron chi connectivity index (χ0n) is 13.6. The Morgan fingerprint density at radius 2 is 1.92 bits per heavy atom. The molecule has 0 aliphatic carbocycles. The Morgan fingerprint density at radius 3 is 2.42 bits per heavy atom. The van der Waals surface area contributed by atoms with Crippen LogP contribution in [0.2, 0.25) is 5.02 Å². The minimum absolute atomic E-state index is 0.221. The highest BCUT2D eigenvalue weighted by molar-refractivity contribution is 8.21. The van der Waals surface area contributed by atoms with E-state index in [1.54, 1.807) is 13.8 Å². The first-order valence-corrected chi connectivity index (χ1v) is 8.68. The minimum atomic E-state index is -3.59. The molecule has 11 heteroatoms. The van der Waals surface area contributed by atoms with E-state index < -0.39 is 28.7 Å². The van der Waals surface area contributed by atoms with Gasteiger partial charge in [0.1, 0.15) is 5.82 Å². The van der Waals surface area contributed by atoms with E-state index >= 15 is 0 Å². The van der Waals surface area contributed by atoms with Crippen LogP contribution in [-0.2, 0) is 0 Å². The van der Waals surface area contributed by atoms with Crippen LogP contribution in [-0.4, -0.2) is 45.5 Å². The van der Waals surface area contributed by atoms with Crippen molar-refractivity contribution in [3.8, 4) is 0 Å². The van der Waals surface area contributed by atoms with Crippen molar-refractivity contribution in [2.24, 2.45) is 0 Å². The molecule has 0 aliphatic rings. The van der Waals surface area contributed by atoms with Crippen molar-refractivity contribution in [2.45, 2.75) is 19.9 Å². The zero-order valence-corrected chi connectivity index (χ0v) is 15.1. The molecular weight excluding hydrogens is 363 g/mol. The Balaban J connectivity index is 3.10. The third-order valence-corrected chi connectivity index (χ3v) is 5.13. The molecule has 1 rings (SSSR count). The van der Waals surface area contributed by atoms with Crippen LogP contribution in [0, 0.1) is 5.82 Å². The van der Waals surface area contributed by atoms with E-state index in [0.29, 0.717) is 0 Å². The molecule has 0 aliphatic heterocycles. The standard InChI is InChI=1S/C13H20ClFN4O4S/c1-7(2)19(4)24(22,23)18-12(20)8-5-11(17-13(21)16-3)10(15)6-9(8)14/h5-7,22-23H,1-4H3,(H,18,20)(H2,16,17,21). The largest absolute Gasteiger partial charge is 0.341 e. The van der Waals surface area contributed by atoms with Crippen molar-refractivity contribution < 1.29 is 23.1 Å². The third kappa shape index (κ3) is 4.95. The van der Waals surface area contributed by atoms with E-state index in [1.807, 2.05) is 0 Å². The van der Waals surface area contributed by atoms with E-state index in [-0.39, 0.29) is 22.3 Å². The number of carbonyl (C=O) groups is 2. The van der Waals surface area contributed by atoms with Gasteiger partial charge >= 0.3 is 6.03 Å². The number of hydrogen-bond acceptors (Lipinski definition) is 5. The lowest BCUT2D eigenvalue weighted by Gasteiger charge is -2.42. The molecule has 0 aromatic heterocycles. The Kier molecular flexibility index (Phi) is 6.81. The first-order chi connectivity index (χ1) is 11.0. The number of hydrogen-bond donors (Lipinski definition) is 5. The Labute approximate surface area is 146 Å². The van der Waals surface area contributed by atoms with Gasteiger partial charge in [-0.25, -0.2) is 13.9 Å². The van der Waals surface area contributed by atoms with Gasteiger partial charge in [0.25, 0.3) is 5.91 Å². The highest BCUT2D eigenvalue weighted by atomic mass is 35.5. The molecule has 0 fully saturated rings. The van der Waals surface area contributed by atoms with Crippen molar-refractivity contribution in [1.29, 1.82) is 0 Å². The van der Waals surface area contributed by atoms with Gasteiger partial charge in [0.2, 0.25) is 0 Å². The van der Waals surface area contributed by atoms with Crippen molar-refractivity contribution >= 4 is 40.2 Å². The van der Waals surface area contributed by atoms with Gasteiger partial charge in [-0.05, 0) is 26.0 Å². The lowest BCUT2D eigenvalue weighted by molar-refractivity contribution is 0.0974. The first kappa shape index (κ1) is 20.5. The maximum atomic E-state index is 13.8. The number of urea groups is 1. The zero-order chi connectivity index (χ0) is 18.7. The van der Waals surface area contributed by atoms with Crippen LogP contribution in [0.5, 0.6) is 0 Å². The molecule has 0 atom stereocenters. The molecule has 0 unspecified atom stereocenters. The predicted molar refractivity (Wildman–Crippen MR) is 92.7 cm³/mol. The Bertz CT molecular complexity index is 645.